The van der Waals surface area contributed by atoms with E-state index in [-0.39, 0.29) is 44.1 Å². The summed E-state index contributed by atoms with van der Waals surface area (Å²) in [5.41, 5.74) is -0.00231. The second-order valence-electron chi connectivity index (χ2n) is 1.63. The van der Waals surface area contributed by atoms with Crippen molar-refractivity contribution in [2.75, 3.05) is 0 Å². The molecule has 0 nitrogen and oxygen atoms in total. The summed E-state index contributed by atoms with van der Waals surface area (Å²) in [5.74, 6) is -0.528. The first kappa shape index (κ1) is 13.5. The molecule has 58 valence electrons. The SMILES string of the molecule is Cl.F[CH-]c1ccccc1F.[Zn]. The molecule has 0 aliphatic rings. The fraction of sp³-hybridized carbons (Fsp3) is 0. The normalized spacial score (nSPS) is 7.45. The van der Waals surface area contributed by atoms with Crippen LogP contribution in [-0.2, 0) is 19.5 Å². The van der Waals surface area contributed by atoms with Gasteiger partial charge in [0.2, 0.25) is 0 Å². The molecule has 0 saturated carbocycles. The van der Waals surface area contributed by atoms with E-state index in [1.807, 2.05) is 0 Å². The second kappa shape index (κ2) is 6.57. The summed E-state index contributed by atoms with van der Waals surface area (Å²) in [6.45, 7) is 0.245. The van der Waals surface area contributed by atoms with Crippen molar-refractivity contribution in [1.29, 1.82) is 0 Å². The molecular formula is C7H6ClF2Zn-. The van der Waals surface area contributed by atoms with E-state index in [4.69, 9.17) is 0 Å². The maximum Gasteiger partial charge on any atom is 0.0184 e. The predicted molar refractivity (Wildman–Crippen MR) is 38.2 cm³/mol. The Labute approximate surface area is 83.2 Å². The molecule has 0 spiro atoms. The van der Waals surface area contributed by atoms with Crippen molar-refractivity contribution >= 4 is 12.4 Å². The van der Waals surface area contributed by atoms with Crippen LogP contribution < -0.4 is 0 Å². The van der Waals surface area contributed by atoms with Gasteiger partial charge in [0.25, 0.3) is 0 Å². The van der Waals surface area contributed by atoms with Crippen LogP contribution in [-0.4, -0.2) is 0 Å². The number of halogens is 3. The van der Waals surface area contributed by atoms with Crippen LogP contribution in [0.5, 0.6) is 0 Å². The third-order valence-corrected chi connectivity index (χ3v) is 1.02. The molecule has 0 amide bonds. The first-order valence-corrected chi connectivity index (χ1v) is 2.52. The van der Waals surface area contributed by atoms with Gasteiger partial charge in [0.15, 0.2) is 0 Å². The second-order valence-corrected chi connectivity index (χ2v) is 1.63. The average Bonchev–Trinajstić information content (AvgIpc) is 1.89. The average molecular weight is 229 g/mol. The first-order chi connectivity index (χ1) is 4.34. The van der Waals surface area contributed by atoms with Gasteiger partial charge in [-0.25, -0.2) is 0 Å². The van der Waals surface area contributed by atoms with Crippen LogP contribution in [0.4, 0.5) is 8.78 Å². The molecule has 0 N–H and O–H groups in total. The zero-order chi connectivity index (χ0) is 6.69. The molecule has 0 radical (unpaired) electrons. The Morgan fingerprint density at radius 1 is 1.18 bits per heavy atom. The molecule has 0 aromatic heterocycles. The van der Waals surface area contributed by atoms with Crippen LogP contribution in [0.1, 0.15) is 5.56 Å². The number of hydrogen-bond donors (Lipinski definition) is 0. The fourth-order valence-electron chi connectivity index (χ4n) is 0.564. The smallest absolute Gasteiger partial charge is 0.0184 e. The van der Waals surface area contributed by atoms with Gasteiger partial charge in [-0.15, -0.1) is 24.0 Å². The van der Waals surface area contributed by atoms with E-state index in [1.165, 1.54) is 18.2 Å². The molecule has 1 aromatic carbocycles. The zero-order valence-corrected chi connectivity index (χ0v) is 9.54. The van der Waals surface area contributed by atoms with Gasteiger partial charge in [0.05, 0.1) is 0 Å². The van der Waals surface area contributed by atoms with Crippen molar-refractivity contribution in [3.05, 3.63) is 42.3 Å². The summed E-state index contributed by atoms with van der Waals surface area (Å²) in [4.78, 5) is 0. The number of rotatable bonds is 1. The van der Waals surface area contributed by atoms with Crippen LogP contribution in [0.15, 0.2) is 24.3 Å². The van der Waals surface area contributed by atoms with Gasteiger partial charge in [-0.3, -0.25) is 8.78 Å². The van der Waals surface area contributed by atoms with E-state index < -0.39 is 5.82 Å². The molecule has 0 aliphatic heterocycles. The van der Waals surface area contributed by atoms with Gasteiger partial charge < -0.3 is 0 Å². The minimum atomic E-state index is -0.528. The fourth-order valence-corrected chi connectivity index (χ4v) is 0.564. The summed E-state index contributed by atoms with van der Waals surface area (Å²) in [6.07, 6.45) is 0. The Morgan fingerprint density at radius 2 is 1.73 bits per heavy atom. The molecule has 0 atom stereocenters. The Balaban J connectivity index is 0. The largest absolute Gasteiger partial charge is 0.292 e. The third kappa shape index (κ3) is 3.69. The molecule has 0 saturated heterocycles. The summed E-state index contributed by atoms with van der Waals surface area (Å²) >= 11 is 0. The third-order valence-electron chi connectivity index (χ3n) is 1.02. The Bertz CT molecular complexity index is 205. The van der Waals surface area contributed by atoms with Crippen LogP contribution >= 0.6 is 12.4 Å². The minimum absolute atomic E-state index is 0. The summed E-state index contributed by atoms with van der Waals surface area (Å²) in [6, 6.07) is 5.68. The minimum Gasteiger partial charge on any atom is -0.292 e. The van der Waals surface area contributed by atoms with Crippen molar-refractivity contribution in [2.45, 2.75) is 0 Å². The maximum absolute atomic E-state index is 12.3. The Morgan fingerprint density at radius 3 is 2.09 bits per heavy atom. The summed E-state index contributed by atoms with van der Waals surface area (Å²) in [5, 5.41) is 0. The predicted octanol–water partition coefficient (Wildman–Crippen LogP) is 2.72. The molecule has 0 aliphatic carbocycles. The van der Waals surface area contributed by atoms with Crippen molar-refractivity contribution < 1.29 is 28.3 Å². The quantitative estimate of drug-likeness (QED) is 0.513. The van der Waals surface area contributed by atoms with Crippen molar-refractivity contribution in [3.8, 4) is 0 Å². The molecule has 0 unspecified atom stereocenters. The van der Waals surface area contributed by atoms with Gasteiger partial charge in [0, 0.05) is 25.3 Å². The Hall–Kier alpha value is -0.137. The van der Waals surface area contributed by atoms with Gasteiger partial charge in [-0.1, -0.05) is 12.1 Å². The van der Waals surface area contributed by atoms with Crippen molar-refractivity contribution in [3.63, 3.8) is 0 Å². The standard InChI is InChI=1S/C7H5F2.ClH.Zn/c8-5-6-3-1-2-4-7(6)9;;/h1-5H;1H;/q-1;;. The zero-order valence-electron chi connectivity index (χ0n) is 5.76. The molecule has 0 fully saturated rings. The monoisotopic (exact) mass is 227 g/mol. The summed E-state index contributed by atoms with van der Waals surface area (Å²) in [7, 11) is 0. The molecule has 11 heavy (non-hydrogen) atoms. The van der Waals surface area contributed by atoms with Gasteiger partial charge in [-0.05, 0) is 6.67 Å². The van der Waals surface area contributed by atoms with Gasteiger partial charge in [-0.2, -0.15) is 6.07 Å². The molecule has 0 bridgehead atoms. The van der Waals surface area contributed by atoms with Crippen molar-refractivity contribution in [1.82, 2.24) is 0 Å². The topological polar surface area (TPSA) is 0 Å². The van der Waals surface area contributed by atoms with E-state index in [9.17, 15) is 8.78 Å². The number of hydrogen-bond acceptors (Lipinski definition) is 0. The number of benzene rings is 1. The molecule has 1 rings (SSSR count). The molecule has 1 aromatic rings. The van der Waals surface area contributed by atoms with Crippen molar-refractivity contribution in [2.24, 2.45) is 0 Å². The van der Waals surface area contributed by atoms with Gasteiger partial charge >= 0.3 is 0 Å². The van der Waals surface area contributed by atoms with E-state index >= 15 is 0 Å². The maximum atomic E-state index is 12.3. The summed E-state index contributed by atoms with van der Waals surface area (Å²) < 4.78 is 23.9. The molecule has 4 heteroatoms. The van der Waals surface area contributed by atoms with E-state index in [0.717, 1.165) is 0 Å². The van der Waals surface area contributed by atoms with E-state index in [2.05, 4.69) is 0 Å². The van der Waals surface area contributed by atoms with Gasteiger partial charge in [0.1, 0.15) is 0 Å². The van der Waals surface area contributed by atoms with Crippen LogP contribution in [0.3, 0.4) is 0 Å². The van der Waals surface area contributed by atoms with Crippen LogP contribution in [0, 0.1) is 12.5 Å². The van der Waals surface area contributed by atoms with E-state index in [0.29, 0.717) is 0 Å². The van der Waals surface area contributed by atoms with Crippen LogP contribution in [0.2, 0.25) is 0 Å². The molecule has 0 heterocycles. The van der Waals surface area contributed by atoms with E-state index in [1.54, 1.807) is 6.07 Å². The Kier molecular flexibility index (Phi) is 8.03. The molecular weight excluding hydrogens is 223 g/mol. The van der Waals surface area contributed by atoms with Crippen LogP contribution in [0.25, 0.3) is 0 Å². The first-order valence-electron chi connectivity index (χ1n) is 2.52.